The van der Waals surface area contributed by atoms with Crippen molar-refractivity contribution in [2.75, 3.05) is 4.72 Å². The fraction of sp³-hybridized carbons (Fsp3) is 0.182. The van der Waals surface area contributed by atoms with Gasteiger partial charge in [0.2, 0.25) is 0 Å². The molecule has 0 saturated heterocycles. The van der Waals surface area contributed by atoms with Crippen LogP contribution in [0, 0.1) is 5.82 Å². The average molecular weight is 348 g/mol. The molecule has 5 nitrogen and oxygen atoms in total. The Morgan fingerprint density at radius 2 is 2.21 bits per heavy atom. The summed E-state index contributed by atoms with van der Waals surface area (Å²) < 4.78 is 41.5. The van der Waals surface area contributed by atoms with Gasteiger partial charge in [0.25, 0.3) is 10.0 Å². The predicted molar refractivity (Wildman–Crippen MR) is 72.8 cm³/mol. The van der Waals surface area contributed by atoms with Gasteiger partial charge in [-0.05, 0) is 41.1 Å². The van der Waals surface area contributed by atoms with E-state index in [1.165, 1.54) is 24.7 Å². The zero-order valence-corrected chi connectivity index (χ0v) is 12.4. The van der Waals surface area contributed by atoms with Gasteiger partial charge in [0.1, 0.15) is 5.82 Å². The molecule has 8 heteroatoms. The van der Waals surface area contributed by atoms with Gasteiger partial charge in [-0.3, -0.25) is 4.72 Å². The first-order chi connectivity index (χ1) is 8.92. The van der Waals surface area contributed by atoms with E-state index in [1.54, 1.807) is 4.57 Å². The van der Waals surface area contributed by atoms with Gasteiger partial charge in [-0.15, -0.1) is 0 Å². The average Bonchev–Trinajstić information content (AvgIpc) is 2.83. The number of aromatic nitrogens is 2. The normalized spacial score (nSPS) is 11.5. The highest BCUT2D eigenvalue weighted by molar-refractivity contribution is 9.10. The summed E-state index contributed by atoms with van der Waals surface area (Å²) in [6.07, 6.45) is 2.84. The lowest BCUT2D eigenvalue weighted by Gasteiger charge is -2.06. The van der Waals surface area contributed by atoms with Crippen LogP contribution in [0.4, 0.5) is 10.1 Å². The Hall–Kier alpha value is -1.41. The molecule has 2 rings (SSSR count). The second-order valence-corrected chi connectivity index (χ2v) is 6.26. The van der Waals surface area contributed by atoms with Gasteiger partial charge >= 0.3 is 0 Å². The summed E-state index contributed by atoms with van der Waals surface area (Å²) in [7, 11) is -3.80. The Bertz CT molecular complexity index is 700. The first-order valence-electron chi connectivity index (χ1n) is 5.42. The molecular weight excluding hydrogens is 337 g/mol. The Labute approximate surface area is 118 Å². The van der Waals surface area contributed by atoms with E-state index in [2.05, 4.69) is 25.6 Å². The van der Waals surface area contributed by atoms with Crippen LogP contribution in [-0.4, -0.2) is 18.0 Å². The van der Waals surface area contributed by atoms with Gasteiger partial charge in [0.05, 0.1) is 16.5 Å². The number of halogens is 2. The molecule has 0 spiro atoms. The second kappa shape index (κ2) is 5.30. The summed E-state index contributed by atoms with van der Waals surface area (Å²) in [5.74, 6) is -0.542. The number of benzene rings is 1. The van der Waals surface area contributed by atoms with E-state index < -0.39 is 15.8 Å². The summed E-state index contributed by atoms with van der Waals surface area (Å²) in [6, 6.07) is 3.98. The van der Waals surface area contributed by atoms with Crippen LogP contribution in [0.2, 0.25) is 0 Å². The maximum atomic E-state index is 13.3. The largest absolute Gasteiger partial charge is 0.336 e. The summed E-state index contributed by atoms with van der Waals surface area (Å²) in [4.78, 5) is 3.80. The lowest BCUT2D eigenvalue weighted by atomic mass is 10.3. The van der Waals surface area contributed by atoms with Crippen molar-refractivity contribution in [3.8, 4) is 0 Å². The molecule has 0 bridgehead atoms. The van der Waals surface area contributed by atoms with Crippen LogP contribution in [0.3, 0.4) is 0 Å². The van der Waals surface area contributed by atoms with Crippen LogP contribution in [-0.2, 0) is 16.6 Å². The first-order valence-corrected chi connectivity index (χ1v) is 7.69. The number of nitrogens with one attached hydrogen (secondary N) is 1. The molecule has 1 heterocycles. The van der Waals surface area contributed by atoms with Crippen molar-refractivity contribution < 1.29 is 12.8 Å². The Morgan fingerprint density at radius 1 is 1.47 bits per heavy atom. The van der Waals surface area contributed by atoms with Crippen LogP contribution in [0.15, 0.2) is 40.2 Å². The van der Waals surface area contributed by atoms with E-state index in [4.69, 9.17) is 0 Å². The van der Waals surface area contributed by atoms with Gasteiger partial charge in [-0.1, -0.05) is 0 Å². The highest BCUT2D eigenvalue weighted by Gasteiger charge is 2.17. The number of rotatable bonds is 4. The smallest absolute Gasteiger partial charge is 0.280 e. The molecule has 0 unspecified atom stereocenters. The van der Waals surface area contributed by atoms with Crippen LogP contribution in [0.5, 0.6) is 0 Å². The molecule has 2 aromatic rings. The number of imidazole rings is 1. The third kappa shape index (κ3) is 3.13. The molecule has 0 aliphatic rings. The molecule has 1 N–H and O–H groups in total. The fourth-order valence-electron chi connectivity index (χ4n) is 1.42. The molecule has 0 atom stereocenters. The molecule has 102 valence electrons. The summed E-state index contributed by atoms with van der Waals surface area (Å²) in [5.41, 5.74) is 0.145. The number of nitrogens with zero attached hydrogens (tertiary/aromatic N) is 2. The molecule has 1 aromatic carbocycles. The standard InChI is InChI=1S/C11H11BrFN3O2S/c1-2-16-6-11(14-7-16)19(17,18)15-8-3-4-9(12)10(13)5-8/h3-7,15H,2H2,1H3. The van der Waals surface area contributed by atoms with Crippen LogP contribution in [0.25, 0.3) is 0 Å². The quantitative estimate of drug-likeness (QED) is 0.924. The number of aryl methyl sites for hydroxylation is 1. The van der Waals surface area contributed by atoms with Gasteiger partial charge in [0.15, 0.2) is 5.03 Å². The van der Waals surface area contributed by atoms with Gasteiger partial charge < -0.3 is 4.57 Å². The Morgan fingerprint density at radius 3 is 2.79 bits per heavy atom. The number of hydrogen-bond acceptors (Lipinski definition) is 3. The molecule has 0 fully saturated rings. The topological polar surface area (TPSA) is 64.0 Å². The van der Waals surface area contributed by atoms with Gasteiger partial charge in [0, 0.05) is 12.7 Å². The third-order valence-corrected chi connectivity index (χ3v) is 4.33. The highest BCUT2D eigenvalue weighted by Crippen LogP contribution is 2.21. The predicted octanol–water partition coefficient (Wildman–Crippen LogP) is 2.61. The Balaban J connectivity index is 2.28. The molecule has 0 aliphatic carbocycles. The van der Waals surface area contributed by atoms with Crippen molar-refractivity contribution in [1.82, 2.24) is 9.55 Å². The minimum Gasteiger partial charge on any atom is -0.336 e. The van der Waals surface area contributed by atoms with Crippen molar-refractivity contribution >= 4 is 31.6 Å². The fourth-order valence-corrected chi connectivity index (χ4v) is 2.67. The van der Waals surface area contributed by atoms with E-state index >= 15 is 0 Å². The van der Waals surface area contributed by atoms with Crippen molar-refractivity contribution in [3.05, 3.63) is 41.0 Å². The van der Waals surface area contributed by atoms with E-state index in [-0.39, 0.29) is 15.2 Å². The molecular formula is C11H11BrFN3O2S. The molecule has 0 radical (unpaired) electrons. The SMILES string of the molecule is CCn1cnc(S(=O)(=O)Nc2ccc(Br)c(F)c2)c1. The van der Waals surface area contributed by atoms with Gasteiger partial charge in [-0.25, -0.2) is 9.37 Å². The zero-order chi connectivity index (χ0) is 14.0. The van der Waals surface area contributed by atoms with E-state index in [9.17, 15) is 12.8 Å². The summed E-state index contributed by atoms with van der Waals surface area (Å²) >= 11 is 3.00. The van der Waals surface area contributed by atoms with E-state index in [1.807, 2.05) is 6.92 Å². The van der Waals surface area contributed by atoms with Crippen molar-refractivity contribution in [2.24, 2.45) is 0 Å². The molecule has 19 heavy (non-hydrogen) atoms. The van der Waals surface area contributed by atoms with E-state index in [0.29, 0.717) is 6.54 Å². The van der Waals surface area contributed by atoms with Crippen molar-refractivity contribution in [2.45, 2.75) is 18.5 Å². The highest BCUT2D eigenvalue weighted by atomic mass is 79.9. The lowest BCUT2D eigenvalue weighted by Crippen LogP contribution is -2.13. The maximum absolute atomic E-state index is 13.3. The number of sulfonamides is 1. The van der Waals surface area contributed by atoms with E-state index in [0.717, 1.165) is 6.07 Å². The maximum Gasteiger partial charge on any atom is 0.280 e. The van der Waals surface area contributed by atoms with Gasteiger partial charge in [-0.2, -0.15) is 8.42 Å². The molecule has 0 amide bonds. The second-order valence-electron chi connectivity index (χ2n) is 3.78. The third-order valence-electron chi connectivity index (χ3n) is 2.42. The number of hydrogen-bond donors (Lipinski definition) is 1. The molecule has 0 saturated carbocycles. The monoisotopic (exact) mass is 347 g/mol. The summed E-state index contributed by atoms with van der Waals surface area (Å²) in [6.45, 7) is 2.49. The first kappa shape index (κ1) is 14.0. The van der Waals surface area contributed by atoms with Crippen molar-refractivity contribution in [1.29, 1.82) is 0 Å². The van der Waals surface area contributed by atoms with Crippen LogP contribution >= 0.6 is 15.9 Å². The van der Waals surface area contributed by atoms with Crippen molar-refractivity contribution in [3.63, 3.8) is 0 Å². The molecule has 0 aliphatic heterocycles. The number of anilines is 1. The van der Waals surface area contributed by atoms with Crippen LogP contribution in [0.1, 0.15) is 6.92 Å². The minimum absolute atomic E-state index is 0.0994. The summed E-state index contributed by atoms with van der Waals surface area (Å²) in [5, 5.41) is -0.0994. The van der Waals surface area contributed by atoms with Crippen LogP contribution < -0.4 is 4.72 Å². The molecule has 1 aromatic heterocycles. The Kier molecular flexibility index (Phi) is 3.91. The zero-order valence-electron chi connectivity index (χ0n) is 9.97. The minimum atomic E-state index is -3.80. The lowest BCUT2D eigenvalue weighted by molar-refractivity contribution is 0.597.